The number of aromatic nitrogens is 4. The van der Waals surface area contributed by atoms with Crippen LogP contribution in [0, 0.1) is 0 Å². The molecule has 5 nitrogen and oxygen atoms in total. The van der Waals surface area contributed by atoms with Crippen LogP contribution in [0.1, 0.15) is 5.56 Å². The lowest BCUT2D eigenvalue weighted by atomic mass is 10.1. The van der Waals surface area contributed by atoms with Crippen LogP contribution in [-0.2, 0) is 6.18 Å². The molecule has 2 aromatic rings. The number of halogens is 3. The number of phenolic OH excluding ortho intramolecular Hbond substituents is 1. The SMILES string of the molecule is Oc1ccc(-c2nn[nH]n2)cc1C(F)(F)F. The van der Waals surface area contributed by atoms with Crippen molar-refractivity contribution in [2.24, 2.45) is 0 Å². The molecule has 2 N–H and O–H groups in total. The maximum Gasteiger partial charge on any atom is 0.419 e. The van der Waals surface area contributed by atoms with Crippen LogP contribution in [0.3, 0.4) is 0 Å². The first-order valence-electron chi connectivity index (χ1n) is 4.12. The molecule has 0 aliphatic carbocycles. The second kappa shape index (κ2) is 3.47. The lowest BCUT2D eigenvalue weighted by Gasteiger charge is -2.09. The molecule has 0 unspecified atom stereocenters. The first-order chi connectivity index (χ1) is 7.48. The van der Waals surface area contributed by atoms with Crippen LogP contribution in [0.5, 0.6) is 5.75 Å². The summed E-state index contributed by atoms with van der Waals surface area (Å²) in [4.78, 5) is 0. The van der Waals surface area contributed by atoms with Crippen molar-refractivity contribution in [3.05, 3.63) is 23.8 Å². The van der Waals surface area contributed by atoms with Gasteiger partial charge in [0.25, 0.3) is 0 Å². The predicted octanol–water partition coefficient (Wildman–Crippen LogP) is 1.59. The Hall–Kier alpha value is -2.12. The van der Waals surface area contributed by atoms with E-state index in [2.05, 4.69) is 20.6 Å². The van der Waals surface area contributed by atoms with Crippen molar-refractivity contribution in [2.75, 3.05) is 0 Å². The highest BCUT2D eigenvalue weighted by molar-refractivity contribution is 5.58. The summed E-state index contributed by atoms with van der Waals surface area (Å²) < 4.78 is 37.3. The highest BCUT2D eigenvalue weighted by atomic mass is 19.4. The van der Waals surface area contributed by atoms with Gasteiger partial charge in [-0.25, -0.2) is 0 Å². The molecule has 0 saturated heterocycles. The van der Waals surface area contributed by atoms with E-state index in [-0.39, 0.29) is 11.4 Å². The average Bonchev–Trinajstić information content (AvgIpc) is 2.69. The number of tetrazole rings is 1. The summed E-state index contributed by atoms with van der Waals surface area (Å²) in [5.41, 5.74) is -1.01. The molecule has 2 rings (SSSR count). The smallest absolute Gasteiger partial charge is 0.419 e. The molecule has 1 aromatic heterocycles. The number of nitrogens with zero attached hydrogens (tertiary/aromatic N) is 3. The third-order valence-corrected chi connectivity index (χ3v) is 1.91. The van der Waals surface area contributed by atoms with Gasteiger partial charge >= 0.3 is 6.18 Å². The Kier molecular flexibility index (Phi) is 2.26. The van der Waals surface area contributed by atoms with Crippen LogP contribution >= 0.6 is 0 Å². The molecule has 84 valence electrons. The lowest BCUT2D eigenvalue weighted by molar-refractivity contribution is -0.138. The number of H-pyrrole nitrogens is 1. The van der Waals surface area contributed by atoms with Gasteiger partial charge in [0.05, 0.1) is 5.56 Å². The van der Waals surface area contributed by atoms with E-state index < -0.39 is 17.5 Å². The van der Waals surface area contributed by atoms with E-state index >= 15 is 0 Å². The van der Waals surface area contributed by atoms with Crippen LogP contribution < -0.4 is 0 Å². The molecule has 8 heteroatoms. The third-order valence-electron chi connectivity index (χ3n) is 1.91. The number of benzene rings is 1. The molecule has 0 bridgehead atoms. The summed E-state index contributed by atoms with van der Waals surface area (Å²) in [6.45, 7) is 0. The van der Waals surface area contributed by atoms with E-state index in [1.807, 2.05) is 0 Å². The molecular formula is C8H5F3N4O. The zero-order valence-electron chi connectivity index (χ0n) is 7.65. The Morgan fingerprint density at radius 1 is 1.25 bits per heavy atom. The predicted molar refractivity (Wildman–Crippen MR) is 46.3 cm³/mol. The number of aromatic hydroxyl groups is 1. The van der Waals surface area contributed by atoms with Gasteiger partial charge < -0.3 is 5.11 Å². The Balaban J connectivity index is 2.52. The highest BCUT2D eigenvalue weighted by Crippen LogP contribution is 2.37. The summed E-state index contributed by atoms with van der Waals surface area (Å²) in [6.07, 6.45) is -4.62. The van der Waals surface area contributed by atoms with Crippen LogP contribution in [0.4, 0.5) is 13.2 Å². The van der Waals surface area contributed by atoms with Crippen molar-refractivity contribution in [3.8, 4) is 17.1 Å². The number of nitrogens with one attached hydrogen (secondary N) is 1. The fourth-order valence-corrected chi connectivity index (χ4v) is 1.19. The number of hydrogen-bond acceptors (Lipinski definition) is 4. The van der Waals surface area contributed by atoms with Crippen LogP contribution in [0.2, 0.25) is 0 Å². The first-order valence-corrected chi connectivity index (χ1v) is 4.12. The molecule has 1 heterocycles. The number of hydrogen-bond donors (Lipinski definition) is 2. The Bertz CT molecular complexity index is 494. The van der Waals surface area contributed by atoms with Crippen molar-refractivity contribution in [3.63, 3.8) is 0 Å². The van der Waals surface area contributed by atoms with Crippen molar-refractivity contribution < 1.29 is 18.3 Å². The maximum absolute atomic E-state index is 12.4. The number of aromatic amines is 1. The van der Waals surface area contributed by atoms with Crippen molar-refractivity contribution in [1.82, 2.24) is 20.6 Å². The van der Waals surface area contributed by atoms with Gasteiger partial charge in [-0.1, -0.05) is 0 Å². The Morgan fingerprint density at radius 3 is 2.56 bits per heavy atom. The quantitative estimate of drug-likeness (QED) is 0.780. The summed E-state index contributed by atoms with van der Waals surface area (Å²) in [7, 11) is 0. The maximum atomic E-state index is 12.4. The van der Waals surface area contributed by atoms with E-state index in [4.69, 9.17) is 5.11 Å². The molecule has 0 aliphatic rings. The molecule has 0 fully saturated rings. The van der Waals surface area contributed by atoms with E-state index in [0.29, 0.717) is 0 Å². The fourth-order valence-electron chi connectivity index (χ4n) is 1.19. The largest absolute Gasteiger partial charge is 0.507 e. The summed E-state index contributed by atoms with van der Waals surface area (Å²) >= 11 is 0. The van der Waals surface area contributed by atoms with Crippen molar-refractivity contribution in [1.29, 1.82) is 0 Å². The Labute approximate surface area is 86.9 Å². The molecular weight excluding hydrogens is 225 g/mol. The van der Waals surface area contributed by atoms with Gasteiger partial charge in [-0.15, -0.1) is 10.2 Å². The molecule has 0 spiro atoms. The van der Waals surface area contributed by atoms with E-state index in [1.165, 1.54) is 6.07 Å². The average molecular weight is 230 g/mol. The number of phenols is 1. The standard InChI is InChI=1S/C8H5F3N4O/c9-8(10,11)5-3-4(1-2-6(5)16)7-12-14-15-13-7/h1-3,16H,(H,12,13,14,15). The second-order valence-electron chi connectivity index (χ2n) is 2.97. The number of alkyl halides is 3. The minimum absolute atomic E-state index is 0.0329. The van der Waals surface area contributed by atoms with Crippen molar-refractivity contribution >= 4 is 0 Å². The van der Waals surface area contributed by atoms with Gasteiger partial charge in [-0.3, -0.25) is 0 Å². The van der Waals surface area contributed by atoms with Gasteiger partial charge in [-0.2, -0.15) is 18.4 Å². The lowest BCUT2D eigenvalue weighted by Crippen LogP contribution is -2.05. The molecule has 0 radical (unpaired) electrons. The minimum atomic E-state index is -4.62. The third kappa shape index (κ3) is 1.81. The van der Waals surface area contributed by atoms with Gasteiger partial charge in [-0.05, 0) is 23.4 Å². The fraction of sp³-hybridized carbons (Fsp3) is 0.125. The van der Waals surface area contributed by atoms with Crippen LogP contribution in [0.25, 0.3) is 11.4 Å². The number of rotatable bonds is 1. The van der Waals surface area contributed by atoms with E-state index in [0.717, 1.165) is 12.1 Å². The molecule has 0 atom stereocenters. The summed E-state index contributed by atoms with van der Waals surface area (Å²) in [5.74, 6) is -0.801. The molecule has 0 aliphatic heterocycles. The second-order valence-corrected chi connectivity index (χ2v) is 2.97. The highest BCUT2D eigenvalue weighted by Gasteiger charge is 2.34. The van der Waals surface area contributed by atoms with Gasteiger partial charge in [0.15, 0.2) is 0 Å². The molecule has 16 heavy (non-hydrogen) atoms. The minimum Gasteiger partial charge on any atom is -0.507 e. The first kappa shape index (κ1) is 10.4. The van der Waals surface area contributed by atoms with Gasteiger partial charge in [0.1, 0.15) is 5.75 Å². The molecule has 0 saturated carbocycles. The van der Waals surface area contributed by atoms with Gasteiger partial charge in [0.2, 0.25) is 5.82 Å². The Morgan fingerprint density at radius 2 is 2.00 bits per heavy atom. The van der Waals surface area contributed by atoms with Crippen LogP contribution in [-0.4, -0.2) is 25.7 Å². The summed E-state index contributed by atoms with van der Waals surface area (Å²) in [6, 6.07) is 2.98. The zero-order chi connectivity index (χ0) is 11.8. The molecule has 0 amide bonds. The van der Waals surface area contributed by atoms with E-state index in [1.54, 1.807) is 0 Å². The van der Waals surface area contributed by atoms with E-state index in [9.17, 15) is 13.2 Å². The zero-order valence-corrected chi connectivity index (χ0v) is 7.65. The topological polar surface area (TPSA) is 74.7 Å². The monoisotopic (exact) mass is 230 g/mol. The van der Waals surface area contributed by atoms with Crippen LogP contribution in [0.15, 0.2) is 18.2 Å². The molecule has 1 aromatic carbocycles. The summed E-state index contributed by atoms with van der Waals surface area (Å²) in [5, 5.41) is 21.5. The van der Waals surface area contributed by atoms with Crippen molar-refractivity contribution in [2.45, 2.75) is 6.18 Å². The normalized spacial score (nSPS) is 11.7. The van der Waals surface area contributed by atoms with Gasteiger partial charge in [0, 0.05) is 5.56 Å².